The van der Waals surface area contributed by atoms with Crippen LogP contribution >= 0.6 is 0 Å². The zero-order valence-electron chi connectivity index (χ0n) is 15.3. The Labute approximate surface area is 155 Å². The fraction of sp³-hybridized carbons (Fsp3) is 0.636. The molecule has 0 saturated heterocycles. The van der Waals surface area contributed by atoms with Crippen molar-refractivity contribution in [3.8, 4) is 0 Å². The minimum absolute atomic E-state index is 0.0952. The normalized spacial score (nSPS) is 34.5. The monoisotopic (exact) mass is 352 g/mol. The van der Waals surface area contributed by atoms with Gasteiger partial charge in [0.15, 0.2) is 0 Å². The molecule has 4 nitrogen and oxygen atoms in total. The van der Waals surface area contributed by atoms with Crippen LogP contribution in [0.15, 0.2) is 24.3 Å². The van der Waals surface area contributed by atoms with E-state index >= 15 is 0 Å². The molecule has 0 aliphatic heterocycles. The lowest BCUT2D eigenvalue weighted by Crippen LogP contribution is -2.51. The first kappa shape index (κ1) is 16.3. The summed E-state index contributed by atoms with van der Waals surface area (Å²) in [4.78, 5) is 25.0. The van der Waals surface area contributed by atoms with Crippen molar-refractivity contribution in [2.24, 2.45) is 23.2 Å². The summed E-state index contributed by atoms with van der Waals surface area (Å²) in [5, 5.41) is 6.20. The van der Waals surface area contributed by atoms with Gasteiger partial charge in [0.1, 0.15) is 0 Å². The van der Waals surface area contributed by atoms with Crippen LogP contribution in [0.3, 0.4) is 0 Å². The van der Waals surface area contributed by atoms with Gasteiger partial charge in [-0.3, -0.25) is 9.59 Å². The second-order valence-corrected chi connectivity index (χ2v) is 9.37. The number of carbonyl (C=O) groups excluding carboxylic acids is 2. The topological polar surface area (TPSA) is 58.2 Å². The fourth-order valence-electron chi connectivity index (χ4n) is 6.05. The van der Waals surface area contributed by atoms with E-state index in [9.17, 15) is 9.59 Å². The molecule has 0 atom stereocenters. The molecule has 1 aromatic rings. The van der Waals surface area contributed by atoms with Gasteiger partial charge in [-0.1, -0.05) is 12.1 Å². The summed E-state index contributed by atoms with van der Waals surface area (Å²) < 4.78 is 0. The SMILES string of the molecule is O=C(Cc1ccc(NC(=O)C23CC4CC(CC(C4)C2)C3)cc1)NC1CC1. The van der Waals surface area contributed by atoms with Crippen LogP contribution < -0.4 is 10.6 Å². The second-order valence-electron chi connectivity index (χ2n) is 9.37. The molecule has 0 aromatic heterocycles. The third kappa shape index (κ3) is 3.15. The van der Waals surface area contributed by atoms with E-state index in [4.69, 9.17) is 0 Å². The molecule has 2 N–H and O–H groups in total. The molecule has 0 spiro atoms. The Kier molecular flexibility index (Phi) is 3.84. The zero-order chi connectivity index (χ0) is 17.7. The summed E-state index contributed by atoms with van der Waals surface area (Å²) >= 11 is 0. The maximum absolute atomic E-state index is 13.1. The van der Waals surface area contributed by atoms with Crippen molar-refractivity contribution >= 4 is 17.5 Å². The number of benzene rings is 1. The van der Waals surface area contributed by atoms with Crippen molar-refractivity contribution in [1.82, 2.24) is 5.32 Å². The van der Waals surface area contributed by atoms with Crippen LogP contribution in [0.1, 0.15) is 56.9 Å². The number of carbonyl (C=O) groups is 2. The highest BCUT2D eigenvalue weighted by atomic mass is 16.2. The van der Waals surface area contributed by atoms with Crippen molar-refractivity contribution in [2.75, 3.05) is 5.32 Å². The summed E-state index contributed by atoms with van der Waals surface area (Å²) in [6, 6.07) is 8.21. The molecule has 4 bridgehead atoms. The number of anilines is 1. The first-order valence-electron chi connectivity index (χ1n) is 10.3. The van der Waals surface area contributed by atoms with Crippen LogP contribution in [0.5, 0.6) is 0 Å². The highest BCUT2D eigenvalue weighted by Gasteiger charge is 2.54. The van der Waals surface area contributed by atoms with E-state index in [2.05, 4.69) is 10.6 Å². The van der Waals surface area contributed by atoms with Crippen molar-refractivity contribution in [3.05, 3.63) is 29.8 Å². The highest BCUT2D eigenvalue weighted by molar-refractivity contribution is 5.95. The molecule has 5 aliphatic rings. The van der Waals surface area contributed by atoms with E-state index in [0.29, 0.717) is 12.5 Å². The molecule has 5 aliphatic carbocycles. The Morgan fingerprint density at radius 2 is 1.50 bits per heavy atom. The summed E-state index contributed by atoms with van der Waals surface area (Å²) in [7, 11) is 0. The predicted molar refractivity (Wildman–Crippen MR) is 101 cm³/mol. The third-order valence-electron chi connectivity index (χ3n) is 7.04. The van der Waals surface area contributed by atoms with Gasteiger partial charge < -0.3 is 10.6 Å². The largest absolute Gasteiger partial charge is 0.353 e. The standard InChI is InChI=1S/C22H28N2O2/c25-20(23-18-5-6-18)10-14-1-3-19(4-2-14)24-21(26)22-11-15-7-16(12-22)9-17(8-15)13-22/h1-4,15-18H,5-13H2,(H,23,25)(H,24,26). The minimum Gasteiger partial charge on any atom is -0.353 e. The van der Waals surface area contributed by atoms with Gasteiger partial charge in [0.2, 0.25) is 11.8 Å². The Morgan fingerprint density at radius 1 is 0.923 bits per heavy atom. The number of hydrogen-bond acceptors (Lipinski definition) is 2. The van der Waals surface area contributed by atoms with Gasteiger partial charge in [0, 0.05) is 11.7 Å². The molecule has 0 heterocycles. The van der Waals surface area contributed by atoms with Crippen LogP contribution in [-0.4, -0.2) is 17.9 Å². The highest BCUT2D eigenvalue weighted by Crippen LogP contribution is 2.60. The molecule has 1 aromatic carbocycles. The van der Waals surface area contributed by atoms with Crippen molar-refractivity contribution in [1.29, 1.82) is 0 Å². The molecule has 5 saturated carbocycles. The molecule has 6 rings (SSSR count). The van der Waals surface area contributed by atoms with E-state index < -0.39 is 0 Å². The van der Waals surface area contributed by atoms with Crippen LogP contribution in [-0.2, 0) is 16.0 Å². The Hall–Kier alpha value is -1.84. The van der Waals surface area contributed by atoms with Gasteiger partial charge in [-0.2, -0.15) is 0 Å². The first-order chi connectivity index (χ1) is 12.6. The van der Waals surface area contributed by atoms with Crippen LogP contribution in [0, 0.1) is 23.2 Å². The average Bonchev–Trinajstić information content (AvgIpc) is 3.39. The van der Waals surface area contributed by atoms with E-state index in [-0.39, 0.29) is 17.2 Å². The third-order valence-corrected chi connectivity index (χ3v) is 7.04. The molecular formula is C22H28N2O2. The van der Waals surface area contributed by atoms with E-state index in [1.165, 1.54) is 19.3 Å². The van der Waals surface area contributed by atoms with Crippen LogP contribution in [0.25, 0.3) is 0 Å². The van der Waals surface area contributed by atoms with Crippen LogP contribution in [0.4, 0.5) is 5.69 Å². The van der Waals surface area contributed by atoms with E-state index in [1.54, 1.807) is 0 Å². The average molecular weight is 352 g/mol. The van der Waals surface area contributed by atoms with Crippen molar-refractivity contribution in [3.63, 3.8) is 0 Å². The Balaban J connectivity index is 1.22. The maximum atomic E-state index is 13.1. The van der Waals surface area contributed by atoms with Gasteiger partial charge in [0.25, 0.3) is 0 Å². The molecule has 2 amide bonds. The lowest BCUT2D eigenvalue weighted by molar-refractivity contribution is -0.140. The smallest absolute Gasteiger partial charge is 0.230 e. The Bertz CT molecular complexity index is 685. The molecule has 0 unspecified atom stereocenters. The number of nitrogens with one attached hydrogen (secondary N) is 2. The quantitative estimate of drug-likeness (QED) is 0.849. The molecule has 0 radical (unpaired) electrons. The maximum Gasteiger partial charge on any atom is 0.230 e. The molecular weight excluding hydrogens is 324 g/mol. The van der Waals surface area contributed by atoms with E-state index in [1.807, 2.05) is 24.3 Å². The van der Waals surface area contributed by atoms with Gasteiger partial charge in [0.05, 0.1) is 11.8 Å². The summed E-state index contributed by atoms with van der Waals surface area (Å²) in [6.07, 6.45) is 9.96. The summed E-state index contributed by atoms with van der Waals surface area (Å²) in [5.74, 6) is 2.66. The van der Waals surface area contributed by atoms with Crippen LogP contribution in [0.2, 0.25) is 0 Å². The fourth-order valence-corrected chi connectivity index (χ4v) is 6.05. The van der Waals surface area contributed by atoms with E-state index in [0.717, 1.165) is 61.1 Å². The minimum atomic E-state index is -0.114. The Morgan fingerprint density at radius 3 is 2.04 bits per heavy atom. The van der Waals surface area contributed by atoms with Crippen molar-refractivity contribution < 1.29 is 9.59 Å². The number of rotatable bonds is 5. The van der Waals surface area contributed by atoms with Crippen molar-refractivity contribution in [2.45, 2.75) is 63.8 Å². The van der Waals surface area contributed by atoms with Gasteiger partial charge >= 0.3 is 0 Å². The zero-order valence-corrected chi connectivity index (χ0v) is 15.3. The predicted octanol–water partition coefficient (Wildman–Crippen LogP) is 3.66. The number of amides is 2. The first-order valence-corrected chi connectivity index (χ1v) is 10.3. The number of hydrogen-bond donors (Lipinski definition) is 2. The molecule has 138 valence electrons. The van der Waals surface area contributed by atoms with Gasteiger partial charge in [-0.15, -0.1) is 0 Å². The lowest BCUT2D eigenvalue weighted by atomic mass is 9.49. The summed E-state index contributed by atoms with van der Waals surface area (Å²) in [5.41, 5.74) is 1.74. The lowest BCUT2D eigenvalue weighted by Gasteiger charge is -2.55. The van der Waals surface area contributed by atoms with Gasteiger partial charge in [-0.25, -0.2) is 0 Å². The summed E-state index contributed by atoms with van der Waals surface area (Å²) in [6.45, 7) is 0. The molecule has 5 fully saturated rings. The molecule has 26 heavy (non-hydrogen) atoms. The van der Waals surface area contributed by atoms with Gasteiger partial charge in [-0.05, 0) is 86.8 Å². The molecule has 4 heteroatoms. The second kappa shape index (κ2) is 6.11.